The predicted octanol–water partition coefficient (Wildman–Crippen LogP) is 4.42. The molecule has 4 amide bonds. The molecule has 0 aromatic heterocycles. The van der Waals surface area contributed by atoms with Crippen molar-refractivity contribution in [1.29, 1.82) is 0 Å². The highest BCUT2D eigenvalue weighted by Gasteiger charge is 2.39. The van der Waals surface area contributed by atoms with Crippen LogP contribution in [0.1, 0.15) is 18.1 Å². The molecule has 0 spiro atoms. The first-order valence-corrected chi connectivity index (χ1v) is 9.01. The van der Waals surface area contributed by atoms with E-state index in [4.69, 9.17) is 16.3 Å². The number of carbonyl (C=O) groups excluding carboxylic acids is 3. The Kier molecular flexibility index (Phi) is 5.84. The van der Waals surface area contributed by atoms with Crippen molar-refractivity contribution in [3.63, 3.8) is 0 Å². The molecule has 1 fully saturated rings. The summed E-state index contributed by atoms with van der Waals surface area (Å²) in [5.74, 6) is -1.72. The second kappa shape index (κ2) is 8.19. The highest BCUT2D eigenvalue weighted by molar-refractivity contribution is 6.42. The number of nitrogens with zero attached hydrogens (tertiary/aromatic N) is 1. The first-order valence-electron chi connectivity index (χ1n) is 8.63. The number of barbiturate groups is 1. The molecule has 0 saturated carbocycles. The molecule has 0 unspecified atom stereocenters. The summed E-state index contributed by atoms with van der Waals surface area (Å²) in [6.45, 7) is 2.07. The molecular formula is C20H14ClF3N2O4. The molecule has 3 rings (SSSR count). The molecule has 2 aromatic carbocycles. The van der Waals surface area contributed by atoms with Crippen LogP contribution in [-0.2, 0) is 15.8 Å². The standard InChI is InChI=1S/C20H14ClF3N2O4/c1-2-30-16-6-4-3-5-11(16)9-13-17(27)25-19(29)26(18(13)28)15-10-12(20(22,23)24)7-8-14(15)21/h3-10H,2H2,1H3,(H,25,27,29). The lowest BCUT2D eigenvalue weighted by Crippen LogP contribution is -2.54. The van der Waals surface area contributed by atoms with Gasteiger partial charge in [0.15, 0.2) is 0 Å². The van der Waals surface area contributed by atoms with Crippen molar-refractivity contribution < 1.29 is 32.3 Å². The maximum Gasteiger partial charge on any atom is 0.416 e. The van der Waals surface area contributed by atoms with E-state index in [-0.39, 0.29) is 5.02 Å². The Hall–Kier alpha value is -3.33. The summed E-state index contributed by atoms with van der Waals surface area (Å²) in [5, 5.41) is 1.68. The van der Waals surface area contributed by atoms with Gasteiger partial charge in [-0.15, -0.1) is 0 Å². The second-order valence-electron chi connectivity index (χ2n) is 6.09. The normalized spacial score (nSPS) is 16.1. The Balaban J connectivity index is 2.09. The fourth-order valence-electron chi connectivity index (χ4n) is 2.78. The number of imide groups is 2. The number of carbonyl (C=O) groups is 3. The van der Waals surface area contributed by atoms with Crippen LogP contribution < -0.4 is 15.0 Å². The fraction of sp³-hybridized carbons (Fsp3) is 0.150. The molecule has 0 aliphatic carbocycles. The molecule has 1 N–H and O–H groups in total. The molecule has 1 heterocycles. The first kappa shape index (κ1) is 21.4. The highest BCUT2D eigenvalue weighted by atomic mass is 35.5. The number of hydrogen-bond acceptors (Lipinski definition) is 4. The lowest BCUT2D eigenvalue weighted by molar-refractivity contribution is -0.137. The van der Waals surface area contributed by atoms with Gasteiger partial charge in [0, 0.05) is 5.56 Å². The number of alkyl halides is 3. The Labute approximate surface area is 173 Å². The molecule has 1 aliphatic rings. The number of benzene rings is 2. The van der Waals surface area contributed by atoms with E-state index in [1.807, 2.05) is 5.32 Å². The Morgan fingerprint density at radius 3 is 2.50 bits per heavy atom. The summed E-state index contributed by atoms with van der Waals surface area (Å²) in [4.78, 5) is 37.9. The monoisotopic (exact) mass is 438 g/mol. The van der Waals surface area contributed by atoms with Crippen LogP contribution in [0.4, 0.5) is 23.7 Å². The number of anilines is 1. The second-order valence-corrected chi connectivity index (χ2v) is 6.50. The van der Waals surface area contributed by atoms with Crippen LogP contribution in [0.2, 0.25) is 5.02 Å². The third-order valence-corrected chi connectivity index (χ3v) is 4.45. The van der Waals surface area contributed by atoms with Crippen LogP contribution in [0.25, 0.3) is 6.08 Å². The van der Waals surface area contributed by atoms with Gasteiger partial charge >= 0.3 is 12.2 Å². The number of urea groups is 1. The van der Waals surface area contributed by atoms with Crippen LogP contribution in [-0.4, -0.2) is 24.5 Å². The van der Waals surface area contributed by atoms with E-state index in [9.17, 15) is 27.6 Å². The van der Waals surface area contributed by atoms with Crippen LogP contribution in [0.15, 0.2) is 48.0 Å². The number of rotatable bonds is 4. The summed E-state index contributed by atoms with van der Waals surface area (Å²) in [5.41, 5.74) is -1.69. The lowest BCUT2D eigenvalue weighted by atomic mass is 10.1. The first-order chi connectivity index (χ1) is 14.1. The van der Waals surface area contributed by atoms with Crippen molar-refractivity contribution in [2.24, 2.45) is 0 Å². The van der Waals surface area contributed by atoms with Gasteiger partial charge in [-0.05, 0) is 37.3 Å². The molecule has 2 aromatic rings. The Morgan fingerprint density at radius 2 is 1.83 bits per heavy atom. The minimum atomic E-state index is -4.72. The molecule has 0 atom stereocenters. The van der Waals surface area contributed by atoms with Gasteiger partial charge in [-0.25, -0.2) is 9.69 Å². The summed E-state index contributed by atoms with van der Waals surface area (Å²) < 4.78 is 44.7. The molecule has 30 heavy (non-hydrogen) atoms. The zero-order valence-corrected chi connectivity index (χ0v) is 16.2. The van der Waals surface area contributed by atoms with Crippen molar-refractivity contribution in [2.75, 3.05) is 11.5 Å². The Morgan fingerprint density at radius 1 is 1.13 bits per heavy atom. The van der Waals surface area contributed by atoms with Crippen LogP contribution in [0, 0.1) is 0 Å². The van der Waals surface area contributed by atoms with E-state index in [0.717, 1.165) is 12.1 Å². The number of nitrogens with one attached hydrogen (secondary N) is 1. The molecule has 0 bridgehead atoms. The molecule has 10 heteroatoms. The van der Waals surface area contributed by atoms with Gasteiger partial charge < -0.3 is 4.74 Å². The van der Waals surface area contributed by atoms with Crippen LogP contribution in [0.3, 0.4) is 0 Å². The summed E-state index contributed by atoms with van der Waals surface area (Å²) in [6, 6.07) is 7.54. The molecule has 1 saturated heterocycles. The van der Waals surface area contributed by atoms with Gasteiger partial charge in [-0.1, -0.05) is 29.8 Å². The Bertz CT molecular complexity index is 1070. The summed E-state index contributed by atoms with van der Waals surface area (Å²) in [6.07, 6.45) is -3.52. The number of ether oxygens (including phenoxy) is 1. The van der Waals surface area contributed by atoms with E-state index in [2.05, 4.69) is 0 Å². The van der Waals surface area contributed by atoms with Crippen molar-refractivity contribution in [1.82, 2.24) is 5.32 Å². The fourth-order valence-corrected chi connectivity index (χ4v) is 2.98. The van der Waals surface area contributed by atoms with Crippen molar-refractivity contribution in [3.05, 3.63) is 64.2 Å². The third-order valence-electron chi connectivity index (χ3n) is 4.13. The molecule has 1 aliphatic heterocycles. The number of halogens is 4. The van der Waals surface area contributed by atoms with E-state index in [1.54, 1.807) is 31.2 Å². The minimum absolute atomic E-state index is 0.269. The van der Waals surface area contributed by atoms with E-state index < -0.39 is 40.8 Å². The minimum Gasteiger partial charge on any atom is -0.493 e. The van der Waals surface area contributed by atoms with Gasteiger partial charge in [0.2, 0.25) is 0 Å². The zero-order chi connectivity index (χ0) is 22.1. The van der Waals surface area contributed by atoms with Crippen molar-refractivity contribution in [3.8, 4) is 5.75 Å². The molecule has 156 valence electrons. The SMILES string of the molecule is CCOc1ccccc1C=C1C(=O)NC(=O)N(c2cc(C(F)(F)F)ccc2Cl)C1=O. The van der Waals surface area contributed by atoms with E-state index in [1.165, 1.54) is 6.08 Å². The summed E-state index contributed by atoms with van der Waals surface area (Å²) >= 11 is 5.96. The number of para-hydroxylation sites is 1. The smallest absolute Gasteiger partial charge is 0.416 e. The average Bonchev–Trinajstić information content (AvgIpc) is 2.67. The maximum absolute atomic E-state index is 13.1. The number of hydrogen-bond donors (Lipinski definition) is 1. The van der Waals surface area contributed by atoms with Gasteiger partial charge in [-0.2, -0.15) is 13.2 Å². The summed E-state index contributed by atoms with van der Waals surface area (Å²) in [7, 11) is 0. The molecule has 6 nitrogen and oxygen atoms in total. The van der Waals surface area contributed by atoms with Crippen molar-refractivity contribution in [2.45, 2.75) is 13.1 Å². The lowest BCUT2D eigenvalue weighted by Gasteiger charge is -2.27. The van der Waals surface area contributed by atoms with Gasteiger partial charge in [-0.3, -0.25) is 14.9 Å². The average molecular weight is 439 g/mol. The zero-order valence-electron chi connectivity index (χ0n) is 15.4. The topological polar surface area (TPSA) is 75.7 Å². The molecular weight excluding hydrogens is 425 g/mol. The van der Waals surface area contributed by atoms with Gasteiger partial charge in [0.25, 0.3) is 11.8 Å². The third kappa shape index (κ3) is 4.16. The predicted molar refractivity (Wildman–Crippen MR) is 103 cm³/mol. The van der Waals surface area contributed by atoms with E-state index >= 15 is 0 Å². The van der Waals surface area contributed by atoms with E-state index in [0.29, 0.717) is 28.9 Å². The number of amides is 4. The van der Waals surface area contributed by atoms with Gasteiger partial charge in [0.05, 0.1) is 22.9 Å². The highest BCUT2D eigenvalue weighted by Crippen LogP contribution is 2.36. The molecule has 0 radical (unpaired) electrons. The van der Waals surface area contributed by atoms with Crippen LogP contribution >= 0.6 is 11.6 Å². The van der Waals surface area contributed by atoms with Crippen molar-refractivity contribution >= 4 is 41.2 Å². The quantitative estimate of drug-likeness (QED) is 0.566. The van der Waals surface area contributed by atoms with Gasteiger partial charge in [0.1, 0.15) is 11.3 Å². The maximum atomic E-state index is 13.1. The largest absolute Gasteiger partial charge is 0.493 e. The van der Waals surface area contributed by atoms with Crippen LogP contribution in [0.5, 0.6) is 5.75 Å².